The maximum atomic E-state index is 11.6. The molecule has 1 N–H and O–H groups in total. The van der Waals surface area contributed by atoms with Crippen LogP contribution in [-0.2, 0) is 11.3 Å². The molecule has 0 saturated carbocycles. The largest absolute Gasteiger partial charge is 0.345 e. The molecule has 1 aromatic carbocycles. The van der Waals surface area contributed by atoms with Gasteiger partial charge in [-0.25, -0.2) is 4.98 Å². The van der Waals surface area contributed by atoms with Gasteiger partial charge in [-0.3, -0.25) is 4.79 Å². The normalized spacial score (nSPS) is 10.5. The molecule has 0 radical (unpaired) electrons. The molecule has 2 rings (SSSR count). The second-order valence-electron chi connectivity index (χ2n) is 4.50. The summed E-state index contributed by atoms with van der Waals surface area (Å²) in [6.45, 7) is 3.67. The Morgan fingerprint density at radius 1 is 1.35 bits per heavy atom. The highest BCUT2D eigenvalue weighted by Gasteiger charge is 2.07. The van der Waals surface area contributed by atoms with E-state index in [4.69, 9.17) is 0 Å². The number of likely N-dealkylation sites (N-methyl/N-ethyl adjacent to an activating group) is 1. The van der Waals surface area contributed by atoms with Crippen molar-refractivity contribution in [2.45, 2.75) is 13.5 Å². The van der Waals surface area contributed by atoms with Gasteiger partial charge in [-0.1, -0.05) is 30.3 Å². The summed E-state index contributed by atoms with van der Waals surface area (Å²) in [7, 11) is 1.81. The molecule has 0 aliphatic rings. The maximum absolute atomic E-state index is 11.6. The van der Waals surface area contributed by atoms with Gasteiger partial charge in [0.1, 0.15) is 5.01 Å². The van der Waals surface area contributed by atoms with E-state index >= 15 is 0 Å². The average Bonchev–Trinajstić information content (AvgIpc) is 2.96. The van der Waals surface area contributed by atoms with Crippen LogP contribution in [-0.4, -0.2) is 35.9 Å². The first-order valence-corrected chi connectivity index (χ1v) is 7.53. The second kappa shape index (κ2) is 7.17. The molecule has 1 amide bonds. The van der Waals surface area contributed by atoms with Gasteiger partial charge in [0.2, 0.25) is 5.91 Å². The van der Waals surface area contributed by atoms with Crippen LogP contribution in [0.1, 0.15) is 11.9 Å². The standard InChI is InChI=1S/C15H19N3OS/c1-3-18(2)15(19)10-16-9-14-17-13(11-20-14)12-7-5-4-6-8-12/h4-8,11,16H,3,9-10H2,1-2H3. The van der Waals surface area contributed by atoms with Crippen LogP contribution in [0, 0.1) is 0 Å². The average molecular weight is 289 g/mol. The van der Waals surface area contributed by atoms with Gasteiger partial charge in [0, 0.05) is 31.1 Å². The topological polar surface area (TPSA) is 45.2 Å². The summed E-state index contributed by atoms with van der Waals surface area (Å²) in [5.74, 6) is 0.104. The van der Waals surface area contributed by atoms with Gasteiger partial charge in [0.15, 0.2) is 0 Å². The number of hydrogen-bond acceptors (Lipinski definition) is 4. The van der Waals surface area contributed by atoms with Crippen LogP contribution >= 0.6 is 11.3 Å². The molecular weight excluding hydrogens is 270 g/mol. The minimum absolute atomic E-state index is 0.104. The highest BCUT2D eigenvalue weighted by molar-refractivity contribution is 7.09. The summed E-state index contributed by atoms with van der Waals surface area (Å²) < 4.78 is 0. The summed E-state index contributed by atoms with van der Waals surface area (Å²) in [4.78, 5) is 17.9. The molecular formula is C15H19N3OS. The van der Waals surface area contributed by atoms with Crippen molar-refractivity contribution in [3.05, 3.63) is 40.7 Å². The zero-order valence-corrected chi connectivity index (χ0v) is 12.6. The lowest BCUT2D eigenvalue weighted by atomic mass is 10.2. The number of rotatable bonds is 6. The van der Waals surface area contributed by atoms with Crippen LogP contribution in [0.15, 0.2) is 35.7 Å². The third-order valence-electron chi connectivity index (χ3n) is 3.07. The Labute approximate surface area is 123 Å². The molecule has 2 aromatic rings. The quantitative estimate of drug-likeness (QED) is 0.888. The van der Waals surface area contributed by atoms with E-state index in [-0.39, 0.29) is 5.91 Å². The lowest BCUT2D eigenvalue weighted by Crippen LogP contribution is -2.35. The Kier molecular flexibility index (Phi) is 5.26. The van der Waals surface area contributed by atoms with Crippen molar-refractivity contribution in [2.75, 3.05) is 20.1 Å². The lowest BCUT2D eigenvalue weighted by molar-refractivity contribution is -0.128. The van der Waals surface area contributed by atoms with Crippen LogP contribution in [0.4, 0.5) is 0 Å². The van der Waals surface area contributed by atoms with E-state index in [9.17, 15) is 4.79 Å². The molecule has 0 unspecified atom stereocenters. The van der Waals surface area contributed by atoms with E-state index < -0.39 is 0 Å². The zero-order chi connectivity index (χ0) is 14.4. The molecule has 1 heterocycles. The Morgan fingerprint density at radius 3 is 2.80 bits per heavy atom. The molecule has 0 bridgehead atoms. The van der Waals surface area contributed by atoms with Crippen molar-refractivity contribution >= 4 is 17.2 Å². The van der Waals surface area contributed by atoms with Crippen LogP contribution in [0.2, 0.25) is 0 Å². The number of carbonyl (C=O) groups is 1. The molecule has 0 aliphatic carbocycles. The number of hydrogen-bond donors (Lipinski definition) is 1. The molecule has 0 saturated heterocycles. The van der Waals surface area contributed by atoms with E-state index in [0.717, 1.165) is 22.8 Å². The Bertz CT molecular complexity index is 553. The number of nitrogens with zero attached hydrogens (tertiary/aromatic N) is 2. The molecule has 0 aliphatic heterocycles. The number of thiazole rings is 1. The first-order valence-electron chi connectivity index (χ1n) is 6.65. The minimum Gasteiger partial charge on any atom is -0.345 e. The number of nitrogens with one attached hydrogen (secondary N) is 1. The lowest BCUT2D eigenvalue weighted by Gasteiger charge is -2.14. The Morgan fingerprint density at radius 2 is 2.10 bits per heavy atom. The highest BCUT2D eigenvalue weighted by Crippen LogP contribution is 2.21. The molecule has 5 heteroatoms. The van der Waals surface area contributed by atoms with Crippen molar-refractivity contribution < 1.29 is 4.79 Å². The fourth-order valence-corrected chi connectivity index (χ4v) is 2.49. The Hall–Kier alpha value is -1.72. The molecule has 106 valence electrons. The summed E-state index contributed by atoms with van der Waals surface area (Å²) in [5, 5.41) is 6.18. The van der Waals surface area contributed by atoms with Crippen molar-refractivity contribution in [1.29, 1.82) is 0 Å². The maximum Gasteiger partial charge on any atom is 0.236 e. The predicted molar refractivity (Wildman–Crippen MR) is 82.6 cm³/mol. The fourth-order valence-electron chi connectivity index (χ4n) is 1.72. The second-order valence-corrected chi connectivity index (χ2v) is 5.45. The SMILES string of the molecule is CCN(C)C(=O)CNCc1nc(-c2ccccc2)cs1. The van der Waals surface area contributed by atoms with E-state index in [1.54, 1.807) is 23.3 Å². The molecule has 4 nitrogen and oxygen atoms in total. The third kappa shape index (κ3) is 3.88. The fraction of sp³-hybridized carbons (Fsp3) is 0.333. The van der Waals surface area contributed by atoms with E-state index in [0.29, 0.717) is 13.1 Å². The summed E-state index contributed by atoms with van der Waals surface area (Å²) in [6.07, 6.45) is 0. The first-order chi connectivity index (χ1) is 9.70. The van der Waals surface area contributed by atoms with Gasteiger partial charge in [-0.2, -0.15) is 0 Å². The molecule has 0 fully saturated rings. The molecule has 0 spiro atoms. The van der Waals surface area contributed by atoms with Gasteiger partial charge >= 0.3 is 0 Å². The van der Waals surface area contributed by atoms with Crippen LogP contribution in [0.25, 0.3) is 11.3 Å². The van der Waals surface area contributed by atoms with E-state index in [1.807, 2.05) is 42.6 Å². The monoisotopic (exact) mass is 289 g/mol. The van der Waals surface area contributed by atoms with Crippen molar-refractivity contribution in [1.82, 2.24) is 15.2 Å². The van der Waals surface area contributed by atoms with Crippen LogP contribution in [0.3, 0.4) is 0 Å². The minimum atomic E-state index is 0.104. The smallest absolute Gasteiger partial charge is 0.236 e. The predicted octanol–water partition coefficient (Wildman–Crippen LogP) is 2.38. The number of carbonyl (C=O) groups excluding carboxylic acids is 1. The molecule has 20 heavy (non-hydrogen) atoms. The summed E-state index contributed by atoms with van der Waals surface area (Å²) in [5.41, 5.74) is 2.11. The van der Waals surface area contributed by atoms with Crippen molar-refractivity contribution in [3.8, 4) is 11.3 Å². The van der Waals surface area contributed by atoms with Gasteiger partial charge in [-0.05, 0) is 6.92 Å². The summed E-state index contributed by atoms with van der Waals surface area (Å²) in [6, 6.07) is 10.1. The van der Waals surface area contributed by atoms with Crippen LogP contribution < -0.4 is 5.32 Å². The number of amides is 1. The van der Waals surface area contributed by atoms with E-state index in [2.05, 4.69) is 10.3 Å². The van der Waals surface area contributed by atoms with Gasteiger partial charge in [0.05, 0.1) is 12.2 Å². The van der Waals surface area contributed by atoms with Crippen LogP contribution in [0.5, 0.6) is 0 Å². The van der Waals surface area contributed by atoms with Gasteiger partial charge in [0.25, 0.3) is 0 Å². The highest BCUT2D eigenvalue weighted by atomic mass is 32.1. The van der Waals surface area contributed by atoms with Crippen molar-refractivity contribution in [2.24, 2.45) is 0 Å². The van der Waals surface area contributed by atoms with Gasteiger partial charge in [-0.15, -0.1) is 11.3 Å². The number of benzene rings is 1. The Balaban J connectivity index is 1.86. The summed E-state index contributed by atoms with van der Waals surface area (Å²) >= 11 is 1.61. The first kappa shape index (κ1) is 14.7. The number of aromatic nitrogens is 1. The molecule has 1 aromatic heterocycles. The zero-order valence-electron chi connectivity index (χ0n) is 11.8. The molecule has 0 atom stereocenters. The van der Waals surface area contributed by atoms with Crippen molar-refractivity contribution in [3.63, 3.8) is 0 Å². The van der Waals surface area contributed by atoms with E-state index in [1.165, 1.54) is 0 Å². The van der Waals surface area contributed by atoms with Gasteiger partial charge < -0.3 is 10.2 Å². The third-order valence-corrected chi connectivity index (χ3v) is 3.92.